The Morgan fingerprint density at radius 2 is 2.21 bits per heavy atom. The van der Waals surface area contributed by atoms with Crippen LogP contribution >= 0.6 is 15.9 Å². The molecule has 1 amide bonds. The van der Waals surface area contributed by atoms with Gasteiger partial charge in [0.2, 0.25) is 5.91 Å². The number of hydrogen-bond acceptors (Lipinski definition) is 3. The molecule has 0 rings (SSSR count). The molecule has 0 saturated carbocycles. The smallest absolute Gasteiger partial charge is 0.246 e. The molecule has 0 aliphatic rings. The number of amides is 1. The van der Waals surface area contributed by atoms with Crippen LogP contribution < -0.4 is 5.32 Å². The number of ether oxygens (including phenoxy) is 2. The van der Waals surface area contributed by atoms with E-state index in [9.17, 15) is 4.79 Å². The van der Waals surface area contributed by atoms with Gasteiger partial charge in [-0.3, -0.25) is 4.79 Å². The van der Waals surface area contributed by atoms with Crippen molar-refractivity contribution in [2.24, 2.45) is 0 Å². The summed E-state index contributed by atoms with van der Waals surface area (Å²) in [6.45, 7) is 3.77. The minimum atomic E-state index is -0.0843. The van der Waals surface area contributed by atoms with E-state index < -0.39 is 0 Å². The highest BCUT2D eigenvalue weighted by molar-refractivity contribution is 9.09. The van der Waals surface area contributed by atoms with Crippen LogP contribution in [0.5, 0.6) is 0 Å². The van der Waals surface area contributed by atoms with Gasteiger partial charge in [-0.15, -0.1) is 0 Å². The molecule has 4 nitrogen and oxygen atoms in total. The molecule has 84 valence electrons. The molecule has 0 spiro atoms. The van der Waals surface area contributed by atoms with Gasteiger partial charge in [0, 0.05) is 18.5 Å². The summed E-state index contributed by atoms with van der Waals surface area (Å²) in [6.07, 6.45) is 0.991. The lowest BCUT2D eigenvalue weighted by molar-refractivity contribution is -0.126. The summed E-state index contributed by atoms with van der Waals surface area (Å²) in [6, 6.07) is 0. The minimum absolute atomic E-state index is 0.0843. The van der Waals surface area contributed by atoms with E-state index in [-0.39, 0.29) is 12.5 Å². The second kappa shape index (κ2) is 9.43. The first-order valence-corrected chi connectivity index (χ1v) is 5.59. The largest absolute Gasteiger partial charge is 0.382 e. The first kappa shape index (κ1) is 13.9. The Balaban J connectivity index is 3.28. The Morgan fingerprint density at radius 3 is 2.79 bits per heavy atom. The molecule has 0 saturated heterocycles. The Hall–Kier alpha value is -0.130. The number of halogens is 1. The summed E-state index contributed by atoms with van der Waals surface area (Å²) in [5, 5.41) is 2.76. The zero-order valence-electron chi connectivity index (χ0n) is 8.72. The highest BCUT2D eigenvalue weighted by atomic mass is 79.9. The average molecular weight is 268 g/mol. The van der Waals surface area contributed by atoms with Crippen LogP contribution in [0.3, 0.4) is 0 Å². The molecule has 0 fully saturated rings. The van der Waals surface area contributed by atoms with Crippen molar-refractivity contribution >= 4 is 21.8 Å². The number of nitrogens with one attached hydrogen (secondary N) is 1. The standard InChI is InChI=1S/C9H18BrNO3/c1-3-8(10)6-11-9(12)7-14-5-4-13-2/h8H,3-7H2,1-2H3,(H,11,12). The highest BCUT2D eigenvalue weighted by Gasteiger charge is 2.04. The minimum Gasteiger partial charge on any atom is -0.382 e. The molecule has 0 aliphatic carbocycles. The van der Waals surface area contributed by atoms with Crippen molar-refractivity contribution in [1.82, 2.24) is 5.32 Å². The Bertz CT molecular complexity index is 155. The van der Waals surface area contributed by atoms with Crippen molar-refractivity contribution in [3.63, 3.8) is 0 Å². The normalized spacial score (nSPS) is 12.5. The third-order valence-electron chi connectivity index (χ3n) is 1.63. The molecule has 5 heteroatoms. The molecule has 0 aromatic rings. The molecule has 0 aromatic carbocycles. The second-order valence-electron chi connectivity index (χ2n) is 2.85. The fourth-order valence-corrected chi connectivity index (χ4v) is 0.889. The van der Waals surface area contributed by atoms with Gasteiger partial charge in [-0.1, -0.05) is 22.9 Å². The molecule has 14 heavy (non-hydrogen) atoms. The van der Waals surface area contributed by atoms with Crippen LogP contribution in [0.4, 0.5) is 0 Å². The number of methoxy groups -OCH3 is 1. The highest BCUT2D eigenvalue weighted by Crippen LogP contribution is 2.01. The molecular formula is C9H18BrNO3. The first-order chi connectivity index (χ1) is 6.70. The van der Waals surface area contributed by atoms with E-state index in [1.165, 1.54) is 0 Å². The number of rotatable bonds is 8. The molecule has 0 aliphatic heterocycles. The monoisotopic (exact) mass is 267 g/mol. The Morgan fingerprint density at radius 1 is 1.50 bits per heavy atom. The zero-order valence-corrected chi connectivity index (χ0v) is 10.3. The predicted octanol–water partition coefficient (Wildman–Crippen LogP) is 0.939. The third-order valence-corrected chi connectivity index (χ3v) is 2.60. The molecule has 0 radical (unpaired) electrons. The van der Waals surface area contributed by atoms with Gasteiger partial charge in [-0.25, -0.2) is 0 Å². The lowest BCUT2D eigenvalue weighted by atomic mass is 10.3. The number of hydrogen-bond donors (Lipinski definition) is 1. The lowest BCUT2D eigenvalue weighted by Crippen LogP contribution is -2.32. The van der Waals surface area contributed by atoms with Gasteiger partial charge >= 0.3 is 0 Å². The van der Waals surface area contributed by atoms with Gasteiger partial charge in [-0.05, 0) is 6.42 Å². The van der Waals surface area contributed by atoms with Crippen LogP contribution in [0.15, 0.2) is 0 Å². The van der Waals surface area contributed by atoms with Crippen molar-refractivity contribution < 1.29 is 14.3 Å². The molecule has 0 heterocycles. The summed E-state index contributed by atoms with van der Waals surface area (Å²) in [5.41, 5.74) is 0. The van der Waals surface area contributed by atoms with Crippen molar-refractivity contribution in [2.75, 3.05) is 33.5 Å². The maximum absolute atomic E-state index is 11.1. The lowest BCUT2D eigenvalue weighted by Gasteiger charge is -2.08. The molecule has 1 unspecified atom stereocenters. The molecule has 1 atom stereocenters. The summed E-state index contributed by atoms with van der Waals surface area (Å²) in [7, 11) is 1.60. The van der Waals surface area contributed by atoms with E-state index >= 15 is 0 Å². The second-order valence-corrected chi connectivity index (χ2v) is 4.15. The summed E-state index contributed by atoms with van der Waals surface area (Å²) in [5.74, 6) is -0.0843. The van der Waals surface area contributed by atoms with Gasteiger partial charge in [-0.2, -0.15) is 0 Å². The van der Waals surface area contributed by atoms with Crippen LogP contribution in [0.2, 0.25) is 0 Å². The average Bonchev–Trinajstić information content (AvgIpc) is 2.21. The van der Waals surface area contributed by atoms with Crippen LogP contribution in [0, 0.1) is 0 Å². The zero-order chi connectivity index (χ0) is 10.8. The third kappa shape index (κ3) is 8.47. The van der Waals surface area contributed by atoms with E-state index in [1.54, 1.807) is 7.11 Å². The molecule has 0 bridgehead atoms. The summed E-state index contributed by atoms with van der Waals surface area (Å²) in [4.78, 5) is 11.5. The van der Waals surface area contributed by atoms with Gasteiger partial charge < -0.3 is 14.8 Å². The van der Waals surface area contributed by atoms with Crippen molar-refractivity contribution in [3.8, 4) is 0 Å². The first-order valence-electron chi connectivity index (χ1n) is 4.68. The molecule has 1 N–H and O–H groups in total. The van der Waals surface area contributed by atoms with Gasteiger partial charge in [0.15, 0.2) is 0 Å². The van der Waals surface area contributed by atoms with Crippen molar-refractivity contribution in [2.45, 2.75) is 18.2 Å². The maximum atomic E-state index is 11.1. The number of carbonyl (C=O) groups is 1. The van der Waals surface area contributed by atoms with Crippen LogP contribution in [-0.4, -0.2) is 44.2 Å². The topological polar surface area (TPSA) is 47.6 Å². The molecular weight excluding hydrogens is 250 g/mol. The summed E-state index contributed by atoms with van der Waals surface area (Å²) >= 11 is 3.42. The quantitative estimate of drug-likeness (QED) is 0.526. The summed E-state index contributed by atoms with van der Waals surface area (Å²) < 4.78 is 9.82. The number of carbonyl (C=O) groups excluding carboxylic acids is 1. The maximum Gasteiger partial charge on any atom is 0.246 e. The van der Waals surface area contributed by atoms with Gasteiger partial charge in [0.1, 0.15) is 6.61 Å². The van der Waals surface area contributed by atoms with Crippen LogP contribution in [-0.2, 0) is 14.3 Å². The molecule has 0 aromatic heterocycles. The van der Waals surface area contributed by atoms with Crippen LogP contribution in [0.25, 0.3) is 0 Å². The predicted molar refractivity (Wildman–Crippen MR) is 58.7 cm³/mol. The van der Waals surface area contributed by atoms with E-state index in [4.69, 9.17) is 9.47 Å². The van der Waals surface area contributed by atoms with E-state index in [1.807, 2.05) is 0 Å². The SMILES string of the molecule is CCC(Br)CNC(=O)COCCOC. The van der Waals surface area contributed by atoms with E-state index in [0.29, 0.717) is 24.6 Å². The van der Waals surface area contributed by atoms with E-state index in [2.05, 4.69) is 28.2 Å². The van der Waals surface area contributed by atoms with Crippen molar-refractivity contribution in [3.05, 3.63) is 0 Å². The van der Waals surface area contributed by atoms with Gasteiger partial charge in [0.25, 0.3) is 0 Å². The van der Waals surface area contributed by atoms with Crippen molar-refractivity contribution in [1.29, 1.82) is 0 Å². The van der Waals surface area contributed by atoms with Gasteiger partial charge in [0.05, 0.1) is 13.2 Å². The van der Waals surface area contributed by atoms with E-state index in [0.717, 1.165) is 6.42 Å². The fourth-order valence-electron chi connectivity index (χ4n) is 0.727. The Kier molecular flexibility index (Phi) is 9.34. The van der Waals surface area contributed by atoms with Crippen LogP contribution in [0.1, 0.15) is 13.3 Å². The number of alkyl halides is 1. The fraction of sp³-hybridized carbons (Fsp3) is 0.889. The Labute approximate surface area is 93.5 Å².